The summed E-state index contributed by atoms with van der Waals surface area (Å²) in [4.78, 5) is 0. The summed E-state index contributed by atoms with van der Waals surface area (Å²) in [6.07, 6.45) is 4.58. The fraction of sp³-hybridized carbons (Fsp3) is 0.800. The van der Waals surface area contributed by atoms with Gasteiger partial charge in [-0.3, -0.25) is 0 Å². The lowest BCUT2D eigenvalue weighted by atomic mass is 10.1. The van der Waals surface area contributed by atoms with Crippen molar-refractivity contribution in [3.8, 4) is 11.8 Å². The van der Waals surface area contributed by atoms with Crippen molar-refractivity contribution in [2.75, 3.05) is 0 Å². The summed E-state index contributed by atoms with van der Waals surface area (Å²) in [5.41, 5.74) is 0. The molecule has 0 saturated heterocycles. The van der Waals surface area contributed by atoms with Crippen molar-refractivity contribution in [2.24, 2.45) is 5.92 Å². The molecule has 0 saturated carbocycles. The summed E-state index contributed by atoms with van der Waals surface area (Å²) in [5.74, 6) is 7.11. The average Bonchev–Trinajstić information content (AvgIpc) is 1.87. The fourth-order valence-electron chi connectivity index (χ4n) is 0.663. The van der Waals surface area contributed by atoms with E-state index in [1.54, 1.807) is 0 Å². The predicted molar refractivity (Wildman–Crippen MR) is 46.8 cm³/mol. The van der Waals surface area contributed by atoms with Gasteiger partial charge in [0.15, 0.2) is 0 Å². The third-order valence-corrected chi connectivity index (χ3v) is 1.35. The Morgan fingerprint density at radius 2 is 1.70 bits per heavy atom. The SMILES string of the molecule is CCCC#CCCC(C)C. The minimum Gasteiger partial charge on any atom is -0.103 e. The van der Waals surface area contributed by atoms with Crippen LogP contribution in [0.2, 0.25) is 0 Å². The molecule has 0 atom stereocenters. The minimum atomic E-state index is 0.802. The molecule has 0 rings (SSSR count). The van der Waals surface area contributed by atoms with Gasteiger partial charge in [0.1, 0.15) is 0 Å². The standard InChI is InChI=1S/C10H18/c1-4-5-6-7-8-9-10(2)3/h10H,4-5,8-9H2,1-3H3. The van der Waals surface area contributed by atoms with Crippen molar-refractivity contribution in [3.63, 3.8) is 0 Å². The molecule has 58 valence electrons. The molecule has 0 amide bonds. The second kappa shape index (κ2) is 6.68. The summed E-state index contributed by atoms with van der Waals surface area (Å²) in [7, 11) is 0. The Hall–Kier alpha value is -0.440. The normalized spacial score (nSPS) is 9.20. The van der Waals surface area contributed by atoms with Crippen molar-refractivity contribution in [1.29, 1.82) is 0 Å². The van der Waals surface area contributed by atoms with Crippen molar-refractivity contribution in [2.45, 2.75) is 46.5 Å². The Bertz CT molecular complexity index is 112. The Balaban J connectivity index is 3.12. The molecule has 0 aromatic rings. The zero-order valence-corrected chi connectivity index (χ0v) is 7.41. The molecule has 0 aromatic heterocycles. The van der Waals surface area contributed by atoms with Gasteiger partial charge in [0.05, 0.1) is 0 Å². The first-order chi connectivity index (χ1) is 4.77. The molecule has 0 aliphatic rings. The third-order valence-electron chi connectivity index (χ3n) is 1.35. The first kappa shape index (κ1) is 9.56. The monoisotopic (exact) mass is 138 g/mol. The number of unbranched alkanes of at least 4 members (excludes halogenated alkanes) is 1. The zero-order chi connectivity index (χ0) is 7.82. The Kier molecular flexibility index (Phi) is 6.38. The van der Waals surface area contributed by atoms with Crippen LogP contribution in [0, 0.1) is 17.8 Å². The van der Waals surface area contributed by atoms with Crippen LogP contribution in [-0.4, -0.2) is 0 Å². The van der Waals surface area contributed by atoms with Crippen molar-refractivity contribution in [3.05, 3.63) is 0 Å². The highest BCUT2D eigenvalue weighted by molar-refractivity contribution is 4.98. The molecule has 0 unspecified atom stereocenters. The number of rotatable bonds is 3. The topological polar surface area (TPSA) is 0 Å². The Labute approximate surface area is 65.0 Å². The van der Waals surface area contributed by atoms with Gasteiger partial charge in [-0.1, -0.05) is 20.8 Å². The van der Waals surface area contributed by atoms with Gasteiger partial charge in [0.25, 0.3) is 0 Å². The maximum Gasteiger partial charge on any atom is 0.00911 e. The molecule has 0 heteroatoms. The molecule has 0 aromatic carbocycles. The van der Waals surface area contributed by atoms with E-state index in [1.807, 2.05) is 0 Å². The van der Waals surface area contributed by atoms with Gasteiger partial charge >= 0.3 is 0 Å². The first-order valence-corrected chi connectivity index (χ1v) is 4.23. The minimum absolute atomic E-state index is 0.802. The highest BCUT2D eigenvalue weighted by atomic mass is 13.9. The van der Waals surface area contributed by atoms with Crippen LogP contribution < -0.4 is 0 Å². The lowest BCUT2D eigenvalue weighted by Gasteiger charge is -1.96. The molecule has 10 heavy (non-hydrogen) atoms. The van der Waals surface area contributed by atoms with E-state index in [9.17, 15) is 0 Å². The maximum absolute atomic E-state index is 3.17. The Morgan fingerprint density at radius 1 is 1.10 bits per heavy atom. The van der Waals surface area contributed by atoms with E-state index >= 15 is 0 Å². The summed E-state index contributed by atoms with van der Waals surface area (Å²) in [6.45, 7) is 6.64. The molecular weight excluding hydrogens is 120 g/mol. The first-order valence-electron chi connectivity index (χ1n) is 4.23. The van der Waals surface area contributed by atoms with Gasteiger partial charge in [-0.05, 0) is 18.8 Å². The molecule has 0 spiro atoms. The second-order valence-corrected chi connectivity index (χ2v) is 3.04. The van der Waals surface area contributed by atoms with Crippen LogP contribution in [0.15, 0.2) is 0 Å². The van der Waals surface area contributed by atoms with E-state index in [2.05, 4.69) is 32.6 Å². The molecular formula is C10H18. The van der Waals surface area contributed by atoms with E-state index in [1.165, 1.54) is 12.8 Å². The number of hydrogen-bond donors (Lipinski definition) is 0. The molecule has 0 N–H and O–H groups in total. The van der Waals surface area contributed by atoms with Crippen LogP contribution in [0.25, 0.3) is 0 Å². The van der Waals surface area contributed by atoms with Crippen molar-refractivity contribution in [1.82, 2.24) is 0 Å². The molecule has 0 nitrogen and oxygen atoms in total. The van der Waals surface area contributed by atoms with E-state index in [0.717, 1.165) is 18.8 Å². The molecule has 0 radical (unpaired) electrons. The van der Waals surface area contributed by atoms with Gasteiger partial charge < -0.3 is 0 Å². The molecule has 0 heterocycles. The highest BCUT2D eigenvalue weighted by Crippen LogP contribution is 2.01. The van der Waals surface area contributed by atoms with Crippen LogP contribution in [0.3, 0.4) is 0 Å². The van der Waals surface area contributed by atoms with Crippen LogP contribution in [0.5, 0.6) is 0 Å². The van der Waals surface area contributed by atoms with Crippen LogP contribution in [0.1, 0.15) is 46.5 Å². The summed E-state index contributed by atoms with van der Waals surface area (Å²) < 4.78 is 0. The molecule has 0 bridgehead atoms. The van der Waals surface area contributed by atoms with Gasteiger partial charge in [0.2, 0.25) is 0 Å². The Morgan fingerprint density at radius 3 is 2.20 bits per heavy atom. The summed E-state index contributed by atoms with van der Waals surface area (Å²) >= 11 is 0. The van der Waals surface area contributed by atoms with Crippen molar-refractivity contribution >= 4 is 0 Å². The van der Waals surface area contributed by atoms with E-state index < -0.39 is 0 Å². The molecule has 0 aliphatic carbocycles. The third kappa shape index (κ3) is 7.56. The largest absolute Gasteiger partial charge is 0.103 e. The lowest BCUT2D eigenvalue weighted by molar-refractivity contribution is 0.599. The maximum atomic E-state index is 3.17. The summed E-state index contributed by atoms with van der Waals surface area (Å²) in [5, 5.41) is 0. The lowest BCUT2D eigenvalue weighted by Crippen LogP contribution is -1.83. The quantitative estimate of drug-likeness (QED) is 0.525. The molecule has 0 aliphatic heterocycles. The van der Waals surface area contributed by atoms with Crippen LogP contribution in [0.4, 0.5) is 0 Å². The van der Waals surface area contributed by atoms with Crippen LogP contribution >= 0.6 is 0 Å². The van der Waals surface area contributed by atoms with Gasteiger partial charge in [0, 0.05) is 12.8 Å². The zero-order valence-electron chi connectivity index (χ0n) is 7.41. The van der Waals surface area contributed by atoms with E-state index in [-0.39, 0.29) is 0 Å². The van der Waals surface area contributed by atoms with Crippen molar-refractivity contribution < 1.29 is 0 Å². The smallest absolute Gasteiger partial charge is 0.00911 e. The van der Waals surface area contributed by atoms with Gasteiger partial charge in [-0.15, -0.1) is 11.8 Å². The van der Waals surface area contributed by atoms with E-state index in [4.69, 9.17) is 0 Å². The second-order valence-electron chi connectivity index (χ2n) is 3.04. The molecule has 0 fully saturated rings. The van der Waals surface area contributed by atoms with Gasteiger partial charge in [-0.25, -0.2) is 0 Å². The van der Waals surface area contributed by atoms with Gasteiger partial charge in [-0.2, -0.15) is 0 Å². The summed E-state index contributed by atoms with van der Waals surface area (Å²) in [6, 6.07) is 0. The van der Waals surface area contributed by atoms with E-state index in [0.29, 0.717) is 0 Å². The number of hydrogen-bond acceptors (Lipinski definition) is 0. The fourth-order valence-corrected chi connectivity index (χ4v) is 0.663. The van der Waals surface area contributed by atoms with Crippen LogP contribution in [-0.2, 0) is 0 Å². The average molecular weight is 138 g/mol. The highest BCUT2D eigenvalue weighted by Gasteiger charge is 1.88. The predicted octanol–water partition coefficient (Wildman–Crippen LogP) is 3.23.